The van der Waals surface area contributed by atoms with Crippen LogP contribution < -0.4 is 4.74 Å². The molecule has 0 bridgehead atoms. The highest BCUT2D eigenvalue weighted by atomic mass is 19.2. The fourth-order valence-electron chi connectivity index (χ4n) is 2.32. The van der Waals surface area contributed by atoms with Gasteiger partial charge in [-0.1, -0.05) is 12.1 Å². The van der Waals surface area contributed by atoms with Gasteiger partial charge in [-0.2, -0.15) is 0 Å². The lowest BCUT2D eigenvalue weighted by molar-refractivity contribution is 0.0991. The monoisotopic (exact) mass is 274 g/mol. The van der Waals surface area contributed by atoms with Crippen molar-refractivity contribution in [3.8, 4) is 5.75 Å². The topological polar surface area (TPSA) is 26.3 Å². The van der Waals surface area contributed by atoms with Gasteiger partial charge in [-0.25, -0.2) is 8.78 Å². The van der Waals surface area contributed by atoms with E-state index in [4.69, 9.17) is 4.74 Å². The summed E-state index contributed by atoms with van der Waals surface area (Å²) in [5, 5.41) is 0. The number of ketones is 1. The van der Waals surface area contributed by atoms with Crippen molar-refractivity contribution in [1.82, 2.24) is 0 Å². The number of ether oxygens (including phenoxy) is 1. The maximum atomic E-state index is 13.6. The smallest absolute Gasteiger partial charge is 0.167 e. The van der Waals surface area contributed by atoms with Crippen LogP contribution in [0.3, 0.4) is 0 Å². The molecule has 0 atom stereocenters. The molecule has 3 rings (SSSR count). The zero-order chi connectivity index (χ0) is 14.1. The zero-order valence-electron chi connectivity index (χ0n) is 10.7. The van der Waals surface area contributed by atoms with Crippen molar-refractivity contribution >= 4 is 5.78 Å². The Balaban J connectivity index is 1.84. The predicted octanol–water partition coefficient (Wildman–Crippen LogP) is 3.33. The van der Waals surface area contributed by atoms with Gasteiger partial charge in [0.1, 0.15) is 5.75 Å². The van der Waals surface area contributed by atoms with Gasteiger partial charge in [0.25, 0.3) is 0 Å². The minimum Gasteiger partial charge on any atom is -0.493 e. The third kappa shape index (κ3) is 2.29. The average molecular weight is 274 g/mol. The lowest BCUT2D eigenvalue weighted by Crippen LogP contribution is -2.06. The standard InChI is InChI=1S/C16H12F2O2/c17-13-3-1-2-12(16(13)18)9-14(19)10-4-5-15-11(8-10)6-7-20-15/h1-5,8H,6-7,9H2. The van der Waals surface area contributed by atoms with Gasteiger partial charge in [0.2, 0.25) is 0 Å². The third-order valence-corrected chi connectivity index (χ3v) is 3.39. The fourth-order valence-corrected chi connectivity index (χ4v) is 2.32. The molecule has 0 fully saturated rings. The van der Waals surface area contributed by atoms with Gasteiger partial charge in [-0.05, 0) is 35.4 Å². The van der Waals surface area contributed by atoms with Gasteiger partial charge in [0.15, 0.2) is 17.4 Å². The van der Waals surface area contributed by atoms with Crippen LogP contribution >= 0.6 is 0 Å². The van der Waals surface area contributed by atoms with Crippen LogP contribution in [0.4, 0.5) is 8.78 Å². The molecule has 2 aromatic carbocycles. The van der Waals surface area contributed by atoms with Crippen LogP contribution in [0.1, 0.15) is 21.5 Å². The quantitative estimate of drug-likeness (QED) is 0.802. The predicted molar refractivity (Wildman–Crippen MR) is 70.0 cm³/mol. The van der Waals surface area contributed by atoms with E-state index in [9.17, 15) is 13.6 Å². The number of benzene rings is 2. The van der Waals surface area contributed by atoms with Gasteiger partial charge in [0, 0.05) is 18.4 Å². The van der Waals surface area contributed by atoms with Gasteiger partial charge in [0.05, 0.1) is 6.61 Å². The van der Waals surface area contributed by atoms with E-state index in [0.717, 1.165) is 23.8 Å². The lowest BCUT2D eigenvalue weighted by atomic mass is 10.00. The molecule has 1 aliphatic rings. The lowest BCUT2D eigenvalue weighted by Gasteiger charge is -2.05. The summed E-state index contributed by atoms with van der Waals surface area (Å²) in [4.78, 5) is 12.1. The maximum Gasteiger partial charge on any atom is 0.167 e. The van der Waals surface area contributed by atoms with Gasteiger partial charge in [-0.15, -0.1) is 0 Å². The summed E-state index contributed by atoms with van der Waals surface area (Å²) in [5.41, 5.74) is 1.56. The molecule has 4 heteroatoms. The van der Waals surface area contributed by atoms with Crippen molar-refractivity contribution in [3.63, 3.8) is 0 Å². The summed E-state index contributed by atoms with van der Waals surface area (Å²) in [6, 6.07) is 9.03. The van der Waals surface area contributed by atoms with Crippen LogP contribution in [-0.4, -0.2) is 12.4 Å². The van der Waals surface area contributed by atoms with Crippen molar-refractivity contribution in [2.24, 2.45) is 0 Å². The van der Waals surface area contributed by atoms with E-state index in [2.05, 4.69) is 0 Å². The van der Waals surface area contributed by atoms with Crippen molar-refractivity contribution in [2.45, 2.75) is 12.8 Å². The Morgan fingerprint density at radius 2 is 2.05 bits per heavy atom. The molecule has 0 aliphatic carbocycles. The molecule has 0 saturated carbocycles. The van der Waals surface area contributed by atoms with Gasteiger partial charge in [-0.3, -0.25) is 4.79 Å². The van der Waals surface area contributed by atoms with E-state index in [1.54, 1.807) is 18.2 Å². The molecule has 0 aromatic heterocycles. The number of carbonyl (C=O) groups excluding carboxylic acids is 1. The summed E-state index contributed by atoms with van der Waals surface area (Å²) in [7, 11) is 0. The number of hydrogen-bond acceptors (Lipinski definition) is 2. The second-order valence-electron chi connectivity index (χ2n) is 4.73. The van der Waals surface area contributed by atoms with Crippen molar-refractivity contribution in [1.29, 1.82) is 0 Å². The highest BCUT2D eigenvalue weighted by Gasteiger charge is 2.17. The Morgan fingerprint density at radius 3 is 2.90 bits per heavy atom. The number of fused-ring (bicyclic) bond motifs is 1. The number of hydrogen-bond donors (Lipinski definition) is 0. The second-order valence-corrected chi connectivity index (χ2v) is 4.73. The number of halogens is 2. The molecular weight excluding hydrogens is 262 g/mol. The number of rotatable bonds is 3. The van der Waals surface area contributed by atoms with Crippen LogP contribution in [0.5, 0.6) is 5.75 Å². The largest absolute Gasteiger partial charge is 0.493 e. The molecule has 0 N–H and O–H groups in total. The van der Waals surface area contributed by atoms with E-state index in [-0.39, 0.29) is 17.8 Å². The van der Waals surface area contributed by atoms with Crippen molar-refractivity contribution in [2.75, 3.05) is 6.61 Å². The van der Waals surface area contributed by atoms with E-state index >= 15 is 0 Å². The van der Waals surface area contributed by atoms with Crippen LogP contribution in [0.15, 0.2) is 36.4 Å². The zero-order valence-corrected chi connectivity index (χ0v) is 10.7. The fraction of sp³-hybridized carbons (Fsp3) is 0.188. The molecule has 20 heavy (non-hydrogen) atoms. The number of carbonyl (C=O) groups is 1. The molecule has 0 saturated heterocycles. The Morgan fingerprint density at radius 1 is 1.20 bits per heavy atom. The van der Waals surface area contributed by atoms with E-state index in [0.29, 0.717) is 12.2 Å². The summed E-state index contributed by atoms with van der Waals surface area (Å²) >= 11 is 0. The summed E-state index contributed by atoms with van der Waals surface area (Å²) in [6.07, 6.45) is 0.619. The first-order valence-corrected chi connectivity index (χ1v) is 6.37. The van der Waals surface area contributed by atoms with Crippen molar-refractivity contribution < 1.29 is 18.3 Å². The molecule has 0 unspecified atom stereocenters. The van der Waals surface area contributed by atoms with Crippen LogP contribution in [0, 0.1) is 11.6 Å². The highest BCUT2D eigenvalue weighted by Crippen LogP contribution is 2.26. The van der Waals surface area contributed by atoms with Crippen LogP contribution in [-0.2, 0) is 12.8 Å². The Labute approximate surface area is 115 Å². The third-order valence-electron chi connectivity index (χ3n) is 3.39. The normalized spacial score (nSPS) is 12.9. The van der Waals surface area contributed by atoms with Crippen molar-refractivity contribution in [3.05, 3.63) is 64.7 Å². The van der Waals surface area contributed by atoms with Crippen LogP contribution in [0.2, 0.25) is 0 Å². The van der Waals surface area contributed by atoms with E-state index in [1.165, 1.54) is 12.1 Å². The molecule has 2 nitrogen and oxygen atoms in total. The molecule has 102 valence electrons. The van der Waals surface area contributed by atoms with E-state index in [1.807, 2.05) is 0 Å². The second kappa shape index (κ2) is 5.04. The molecule has 0 spiro atoms. The highest BCUT2D eigenvalue weighted by molar-refractivity contribution is 5.97. The SMILES string of the molecule is O=C(Cc1cccc(F)c1F)c1ccc2c(c1)CCO2. The molecular formula is C16H12F2O2. The average Bonchev–Trinajstić information content (AvgIpc) is 2.91. The first kappa shape index (κ1) is 12.8. The summed E-state index contributed by atoms with van der Waals surface area (Å²) < 4.78 is 32.0. The Bertz CT molecular complexity index is 680. The summed E-state index contributed by atoms with van der Waals surface area (Å²) in [6.45, 7) is 0.617. The summed E-state index contributed by atoms with van der Waals surface area (Å²) in [5.74, 6) is -1.33. The molecule has 2 aromatic rings. The van der Waals surface area contributed by atoms with Crippen LogP contribution in [0.25, 0.3) is 0 Å². The molecule has 0 radical (unpaired) electrons. The minimum absolute atomic E-state index is 0.0757. The van der Waals surface area contributed by atoms with Gasteiger partial charge < -0.3 is 4.74 Å². The Hall–Kier alpha value is -2.23. The maximum absolute atomic E-state index is 13.6. The first-order chi connectivity index (χ1) is 9.65. The van der Waals surface area contributed by atoms with Gasteiger partial charge >= 0.3 is 0 Å². The number of Topliss-reactive ketones (excluding diaryl/α,β-unsaturated/α-hetero) is 1. The first-order valence-electron chi connectivity index (χ1n) is 6.37. The minimum atomic E-state index is -0.953. The van der Waals surface area contributed by atoms with E-state index < -0.39 is 11.6 Å². The molecule has 0 amide bonds. The Kier molecular flexibility index (Phi) is 3.22. The molecule has 1 heterocycles. The molecule has 1 aliphatic heterocycles.